The number of benzene rings is 5. The fraction of sp³-hybridized carbons (Fsp3) is 0.0323. The van der Waals surface area contributed by atoms with Crippen LogP contribution in [-0.2, 0) is 7.05 Å². The zero-order valence-corrected chi connectivity index (χ0v) is 18.6. The van der Waals surface area contributed by atoms with Crippen molar-refractivity contribution in [2.45, 2.75) is 0 Å². The lowest BCUT2D eigenvalue weighted by Gasteiger charge is -2.09. The minimum Gasteiger partial charge on any atom is -0.454 e. The highest BCUT2D eigenvalue weighted by Gasteiger charge is 2.19. The maximum atomic E-state index is 6.49. The fourth-order valence-corrected chi connectivity index (χ4v) is 5.79. The first-order valence-electron chi connectivity index (χ1n) is 11.6. The zero-order valence-electron chi connectivity index (χ0n) is 18.6. The Balaban J connectivity index is 1.56. The standard InChI is InChI=1S/C31H20N2O/c1-32-26-11-5-2-8-20(26)22-15-14-19(18-28(22)32)33-27-12-6-3-9-21(27)24-16-17-25-23-10-4-7-13-29(23)34-31(25)30(24)33/h2-18H,1H3. The average Bonchev–Trinajstić information content (AvgIpc) is 3.52. The van der Waals surface area contributed by atoms with Gasteiger partial charge in [0.05, 0.1) is 16.6 Å². The molecule has 3 heterocycles. The molecule has 0 unspecified atom stereocenters. The van der Waals surface area contributed by atoms with Crippen LogP contribution in [0.3, 0.4) is 0 Å². The highest BCUT2D eigenvalue weighted by molar-refractivity contribution is 6.21. The summed E-state index contributed by atoms with van der Waals surface area (Å²) in [6, 6.07) is 36.8. The van der Waals surface area contributed by atoms with Gasteiger partial charge < -0.3 is 13.6 Å². The van der Waals surface area contributed by atoms with E-state index in [4.69, 9.17) is 4.42 Å². The third-order valence-corrected chi connectivity index (χ3v) is 7.34. The second kappa shape index (κ2) is 6.30. The van der Waals surface area contributed by atoms with Crippen LogP contribution in [0.1, 0.15) is 0 Å². The van der Waals surface area contributed by atoms with Gasteiger partial charge in [0.1, 0.15) is 5.58 Å². The SMILES string of the molecule is Cn1c2ccccc2c2ccc(-n3c4ccccc4c4ccc5c6ccccc6oc5c43)cc21. The topological polar surface area (TPSA) is 23.0 Å². The van der Waals surface area contributed by atoms with Crippen molar-refractivity contribution in [1.29, 1.82) is 0 Å². The minimum absolute atomic E-state index is 0.922. The largest absolute Gasteiger partial charge is 0.454 e. The minimum atomic E-state index is 0.922. The van der Waals surface area contributed by atoms with E-state index in [2.05, 4.69) is 113 Å². The molecule has 0 radical (unpaired) electrons. The number of fused-ring (bicyclic) bond motifs is 10. The van der Waals surface area contributed by atoms with Crippen LogP contribution in [0.5, 0.6) is 0 Å². The summed E-state index contributed by atoms with van der Waals surface area (Å²) in [6.45, 7) is 0. The molecule has 0 saturated carbocycles. The van der Waals surface area contributed by atoms with E-state index in [9.17, 15) is 0 Å². The van der Waals surface area contributed by atoms with E-state index >= 15 is 0 Å². The number of nitrogens with zero attached hydrogens (tertiary/aromatic N) is 2. The lowest BCUT2D eigenvalue weighted by atomic mass is 10.1. The van der Waals surface area contributed by atoms with Crippen molar-refractivity contribution < 1.29 is 4.42 Å². The van der Waals surface area contributed by atoms with Gasteiger partial charge in [-0.1, -0.05) is 66.7 Å². The summed E-state index contributed by atoms with van der Waals surface area (Å²) in [6.07, 6.45) is 0. The molecular weight excluding hydrogens is 416 g/mol. The number of aromatic nitrogens is 2. The molecule has 0 aliphatic carbocycles. The van der Waals surface area contributed by atoms with Crippen molar-refractivity contribution in [3.8, 4) is 5.69 Å². The van der Waals surface area contributed by atoms with E-state index < -0.39 is 0 Å². The first kappa shape index (κ1) is 18.0. The molecule has 34 heavy (non-hydrogen) atoms. The van der Waals surface area contributed by atoms with Gasteiger partial charge >= 0.3 is 0 Å². The molecule has 3 heteroatoms. The van der Waals surface area contributed by atoms with E-state index in [0.717, 1.165) is 33.1 Å². The Morgan fingerprint density at radius 1 is 0.529 bits per heavy atom. The van der Waals surface area contributed by atoms with Gasteiger partial charge in [-0.3, -0.25) is 0 Å². The van der Waals surface area contributed by atoms with Gasteiger partial charge in [0.15, 0.2) is 5.58 Å². The van der Waals surface area contributed by atoms with Gasteiger partial charge in [0, 0.05) is 50.6 Å². The van der Waals surface area contributed by atoms with Crippen LogP contribution >= 0.6 is 0 Å². The van der Waals surface area contributed by atoms with E-state index in [1.54, 1.807) is 0 Å². The molecule has 0 aliphatic heterocycles. The summed E-state index contributed by atoms with van der Waals surface area (Å²) in [7, 11) is 2.15. The second-order valence-corrected chi connectivity index (χ2v) is 9.07. The maximum Gasteiger partial charge on any atom is 0.160 e. The second-order valence-electron chi connectivity index (χ2n) is 9.07. The normalized spacial score (nSPS) is 12.3. The number of hydrogen-bond donors (Lipinski definition) is 0. The van der Waals surface area contributed by atoms with Gasteiger partial charge in [0.2, 0.25) is 0 Å². The Hall–Kier alpha value is -4.50. The van der Waals surface area contributed by atoms with Crippen LogP contribution in [0.15, 0.2) is 108 Å². The number of rotatable bonds is 1. The smallest absolute Gasteiger partial charge is 0.160 e. The molecule has 0 N–H and O–H groups in total. The fourth-order valence-electron chi connectivity index (χ4n) is 5.79. The molecule has 0 amide bonds. The molecule has 5 aromatic carbocycles. The summed E-state index contributed by atoms with van der Waals surface area (Å²) >= 11 is 0. The molecule has 8 rings (SSSR count). The van der Waals surface area contributed by atoms with Crippen LogP contribution in [0, 0.1) is 0 Å². The Morgan fingerprint density at radius 2 is 1.15 bits per heavy atom. The third kappa shape index (κ3) is 2.16. The first-order chi connectivity index (χ1) is 16.8. The summed E-state index contributed by atoms with van der Waals surface area (Å²) in [4.78, 5) is 0. The lowest BCUT2D eigenvalue weighted by molar-refractivity contribution is 0.671. The molecule has 0 bridgehead atoms. The van der Waals surface area contributed by atoms with Gasteiger partial charge in [-0.05, 0) is 36.4 Å². The van der Waals surface area contributed by atoms with E-state index in [0.29, 0.717) is 0 Å². The lowest BCUT2D eigenvalue weighted by Crippen LogP contribution is -1.95. The van der Waals surface area contributed by atoms with Crippen LogP contribution in [0.4, 0.5) is 0 Å². The first-order valence-corrected chi connectivity index (χ1v) is 11.6. The van der Waals surface area contributed by atoms with Crippen molar-refractivity contribution in [2.75, 3.05) is 0 Å². The van der Waals surface area contributed by atoms with Gasteiger partial charge in [-0.2, -0.15) is 0 Å². The number of hydrogen-bond acceptors (Lipinski definition) is 1. The maximum absolute atomic E-state index is 6.49. The predicted molar refractivity (Wildman–Crippen MR) is 142 cm³/mol. The zero-order chi connectivity index (χ0) is 22.4. The third-order valence-electron chi connectivity index (χ3n) is 7.34. The van der Waals surface area contributed by atoms with Crippen molar-refractivity contribution in [2.24, 2.45) is 7.05 Å². The monoisotopic (exact) mass is 436 g/mol. The number of furan rings is 1. The Labute approximate surface area is 195 Å². The van der Waals surface area contributed by atoms with Crippen LogP contribution < -0.4 is 0 Å². The van der Waals surface area contributed by atoms with Crippen molar-refractivity contribution in [3.05, 3.63) is 103 Å². The molecule has 0 fully saturated rings. The van der Waals surface area contributed by atoms with Crippen LogP contribution in [0.2, 0.25) is 0 Å². The van der Waals surface area contributed by atoms with Crippen molar-refractivity contribution >= 4 is 65.6 Å². The Morgan fingerprint density at radius 3 is 2.00 bits per heavy atom. The number of para-hydroxylation sites is 3. The molecule has 8 aromatic rings. The predicted octanol–water partition coefficient (Wildman–Crippen LogP) is 8.33. The Bertz CT molecular complexity index is 2080. The van der Waals surface area contributed by atoms with E-state index in [1.807, 2.05) is 6.07 Å². The van der Waals surface area contributed by atoms with Gasteiger partial charge in [-0.25, -0.2) is 0 Å². The summed E-state index contributed by atoms with van der Waals surface area (Å²) < 4.78 is 11.1. The van der Waals surface area contributed by atoms with Crippen LogP contribution in [0.25, 0.3) is 71.2 Å². The average molecular weight is 437 g/mol. The van der Waals surface area contributed by atoms with Crippen molar-refractivity contribution in [3.63, 3.8) is 0 Å². The highest BCUT2D eigenvalue weighted by Crippen LogP contribution is 2.40. The highest BCUT2D eigenvalue weighted by atomic mass is 16.3. The molecular formula is C31H20N2O. The summed E-state index contributed by atoms with van der Waals surface area (Å²) in [5.74, 6) is 0. The van der Waals surface area contributed by atoms with Gasteiger partial charge in [-0.15, -0.1) is 0 Å². The van der Waals surface area contributed by atoms with E-state index in [-0.39, 0.29) is 0 Å². The molecule has 0 saturated heterocycles. The molecule has 3 aromatic heterocycles. The molecule has 0 aliphatic rings. The summed E-state index contributed by atoms with van der Waals surface area (Å²) in [5.41, 5.74) is 7.77. The van der Waals surface area contributed by atoms with Crippen molar-refractivity contribution in [1.82, 2.24) is 9.13 Å². The van der Waals surface area contributed by atoms with E-state index in [1.165, 1.54) is 38.1 Å². The molecule has 0 atom stereocenters. The van der Waals surface area contributed by atoms with Crippen LogP contribution in [-0.4, -0.2) is 9.13 Å². The molecule has 160 valence electrons. The molecule has 3 nitrogen and oxygen atoms in total. The quantitative estimate of drug-likeness (QED) is 0.254. The number of aryl methyl sites for hydroxylation is 1. The molecule has 0 spiro atoms. The van der Waals surface area contributed by atoms with Gasteiger partial charge in [0.25, 0.3) is 0 Å². The Kier molecular flexibility index (Phi) is 3.33. The summed E-state index contributed by atoms with van der Waals surface area (Å²) in [5, 5.41) is 7.31.